The zero-order valence-corrected chi connectivity index (χ0v) is 12.7. The van der Waals surface area contributed by atoms with E-state index in [1.807, 2.05) is 0 Å². The normalized spacial score (nSPS) is 21.9. The third-order valence-electron chi connectivity index (χ3n) is 4.01. The van der Waals surface area contributed by atoms with Gasteiger partial charge < -0.3 is 9.84 Å². The molecule has 1 aliphatic heterocycles. The van der Waals surface area contributed by atoms with Crippen molar-refractivity contribution < 1.29 is 9.84 Å². The van der Waals surface area contributed by atoms with Gasteiger partial charge in [0.2, 0.25) is 0 Å². The summed E-state index contributed by atoms with van der Waals surface area (Å²) >= 11 is 0. The van der Waals surface area contributed by atoms with Gasteiger partial charge in [-0.1, -0.05) is 44.5 Å². The van der Waals surface area contributed by atoms with E-state index in [0.717, 1.165) is 44.5 Å². The lowest BCUT2D eigenvalue weighted by Crippen LogP contribution is -2.43. The quantitative estimate of drug-likeness (QED) is 0.868. The van der Waals surface area contributed by atoms with Crippen molar-refractivity contribution in [3.8, 4) is 0 Å². The minimum atomic E-state index is -0.402. The van der Waals surface area contributed by atoms with Gasteiger partial charge in [-0.25, -0.2) is 0 Å². The maximum Gasteiger partial charge on any atom is 0.0916 e. The number of hydrogen-bond acceptors (Lipinski definition) is 3. The van der Waals surface area contributed by atoms with Crippen molar-refractivity contribution in [2.24, 2.45) is 0 Å². The molecule has 112 valence electrons. The molecule has 1 aromatic carbocycles. The smallest absolute Gasteiger partial charge is 0.0916 e. The molecule has 0 bridgehead atoms. The van der Waals surface area contributed by atoms with Crippen molar-refractivity contribution in [3.05, 3.63) is 35.4 Å². The molecular weight excluding hydrogens is 250 g/mol. The highest BCUT2D eigenvalue weighted by atomic mass is 16.5. The first kappa shape index (κ1) is 15.5. The van der Waals surface area contributed by atoms with Crippen molar-refractivity contribution in [1.29, 1.82) is 0 Å². The van der Waals surface area contributed by atoms with Crippen LogP contribution in [0.25, 0.3) is 0 Å². The van der Waals surface area contributed by atoms with E-state index in [9.17, 15) is 5.11 Å². The molecule has 0 radical (unpaired) electrons. The Labute approximate surface area is 122 Å². The van der Waals surface area contributed by atoms with E-state index in [0.29, 0.717) is 12.6 Å². The summed E-state index contributed by atoms with van der Waals surface area (Å²) in [7, 11) is 0. The number of hydrogen-bond donors (Lipinski definition) is 1. The van der Waals surface area contributed by atoms with Crippen molar-refractivity contribution in [2.75, 3.05) is 26.2 Å². The molecule has 1 fully saturated rings. The zero-order valence-electron chi connectivity index (χ0n) is 12.7. The molecule has 0 aliphatic carbocycles. The number of rotatable bonds is 6. The second-order valence-electron chi connectivity index (χ2n) is 5.67. The van der Waals surface area contributed by atoms with Gasteiger partial charge in [0, 0.05) is 19.6 Å². The Bertz CT molecular complexity index is 390. The van der Waals surface area contributed by atoms with Crippen LogP contribution in [-0.2, 0) is 11.2 Å². The molecule has 2 unspecified atom stereocenters. The van der Waals surface area contributed by atoms with E-state index < -0.39 is 6.10 Å². The first-order chi connectivity index (χ1) is 9.72. The number of ether oxygens (including phenoxy) is 1. The van der Waals surface area contributed by atoms with E-state index in [1.165, 1.54) is 5.56 Å². The standard InChI is InChI=1S/C17H27NO2/c1-3-5-14-6-8-15(9-7-14)17(19)13-18-10-11-20-16(4-2)12-18/h6-9,16-17,19H,3-5,10-13H2,1-2H3. The number of morpholine rings is 1. The molecule has 2 rings (SSSR count). The maximum absolute atomic E-state index is 10.4. The fourth-order valence-electron chi connectivity index (χ4n) is 2.74. The predicted octanol–water partition coefficient (Wildman–Crippen LogP) is 2.78. The first-order valence-electron chi connectivity index (χ1n) is 7.83. The van der Waals surface area contributed by atoms with Gasteiger partial charge in [-0.15, -0.1) is 0 Å². The van der Waals surface area contributed by atoms with E-state index in [1.54, 1.807) is 0 Å². The van der Waals surface area contributed by atoms with Gasteiger partial charge in [-0.05, 0) is 24.0 Å². The zero-order chi connectivity index (χ0) is 14.4. The molecule has 0 saturated carbocycles. The molecular formula is C17H27NO2. The number of β-amino-alcohol motifs (C(OH)–C–C–N with tert-alkyl or cyclic N) is 1. The molecule has 1 aromatic rings. The van der Waals surface area contributed by atoms with Crippen LogP contribution in [0.1, 0.15) is 43.9 Å². The Morgan fingerprint density at radius 2 is 2.05 bits per heavy atom. The van der Waals surface area contributed by atoms with Gasteiger partial charge in [0.05, 0.1) is 18.8 Å². The van der Waals surface area contributed by atoms with E-state index in [2.05, 4.69) is 43.0 Å². The highest BCUT2D eigenvalue weighted by Gasteiger charge is 2.21. The van der Waals surface area contributed by atoms with Crippen LogP contribution in [0.2, 0.25) is 0 Å². The van der Waals surface area contributed by atoms with Crippen LogP contribution in [0.5, 0.6) is 0 Å². The Morgan fingerprint density at radius 1 is 1.30 bits per heavy atom. The number of aliphatic hydroxyl groups excluding tert-OH is 1. The lowest BCUT2D eigenvalue weighted by Gasteiger charge is -2.33. The lowest BCUT2D eigenvalue weighted by atomic mass is 10.0. The average Bonchev–Trinajstić information content (AvgIpc) is 2.48. The minimum Gasteiger partial charge on any atom is -0.387 e. The van der Waals surface area contributed by atoms with E-state index >= 15 is 0 Å². The van der Waals surface area contributed by atoms with Crippen LogP contribution in [0.15, 0.2) is 24.3 Å². The van der Waals surface area contributed by atoms with Crippen LogP contribution in [0.4, 0.5) is 0 Å². The third-order valence-corrected chi connectivity index (χ3v) is 4.01. The highest BCUT2D eigenvalue weighted by Crippen LogP contribution is 2.18. The number of benzene rings is 1. The Kier molecular flexibility index (Phi) is 6.02. The largest absolute Gasteiger partial charge is 0.387 e. The molecule has 0 amide bonds. The Hall–Kier alpha value is -0.900. The lowest BCUT2D eigenvalue weighted by molar-refractivity contribution is -0.0418. The monoisotopic (exact) mass is 277 g/mol. The second kappa shape index (κ2) is 7.77. The van der Waals surface area contributed by atoms with Crippen molar-refractivity contribution in [2.45, 2.75) is 45.3 Å². The van der Waals surface area contributed by atoms with Crippen LogP contribution in [0.3, 0.4) is 0 Å². The molecule has 0 spiro atoms. The molecule has 3 heteroatoms. The SMILES string of the molecule is CCCc1ccc(C(O)CN2CCOC(CC)C2)cc1. The third kappa shape index (κ3) is 4.30. The van der Waals surface area contributed by atoms with Gasteiger partial charge in [-0.2, -0.15) is 0 Å². The summed E-state index contributed by atoms with van der Waals surface area (Å²) in [6.07, 6.45) is 3.23. The Balaban J connectivity index is 1.88. The fraction of sp³-hybridized carbons (Fsp3) is 0.647. The van der Waals surface area contributed by atoms with Crippen molar-refractivity contribution in [1.82, 2.24) is 4.90 Å². The summed E-state index contributed by atoms with van der Waals surface area (Å²) < 4.78 is 5.66. The van der Waals surface area contributed by atoms with Gasteiger partial charge in [-0.3, -0.25) is 4.90 Å². The van der Waals surface area contributed by atoms with Crippen LogP contribution in [-0.4, -0.2) is 42.4 Å². The van der Waals surface area contributed by atoms with Gasteiger partial charge in [0.15, 0.2) is 0 Å². The summed E-state index contributed by atoms with van der Waals surface area (Å²) in [5.41, 5.74) is 2.37. The predicted molar refractivity (Wildman–Crippen MR) is 81.9 cm³/mol. The molecule has 0 aromatic heterocycles. The maximum atomic E-state index is 10.4. The summed E-state index contributed by atoms with van der Waals surface area (Å²) in [5, 5.41) is 10.4. The molecule has 1 aliphatic rings. The van der Waals surface area contributed by atoms with Crippen molar-refractivity contribution >= 4 is 0 Å². The molecule has 1 saturated heterocycles. The minimum absolute atomic E-state index is 0.322. The van der Waals surface area contributed by atoms with Gasteiger partial charge in [0.25, 0.3) is 0 Å². The Morgan fingerprint density at radius 3 is 2.70 bits per heavy atom. The van der Waals surface area contributed by atoms with Gasteiger partial charge >= 0.3 is 0 Å². The van der Waals surface area contributed by atoms with Crippen molar-refractivity contribution in [3.63, 3.8) is 0 Å². The summed E-state index contributed by atoms with van der Waals surface area (Å²) in [6, 6.07) is 8.40. The number of aryl methyl sites for hydroxylation is 1. The highest BCUT2D eigenvalue weighted by molar-refractivity contribution is 5.24. The van der Waals surface area contributed by atoms with E-state index in [-0.39, 0.29) is 0 Å². The molecule has 1 N–H and O–H groups in total. The topological polar surface area (TPSA) is 32.7 Å². The average molecular weight is 277 g/mol. The van der Waals surface area contributed by atoms with Crippen LogP contribution < -0.4 is 0 Å². The molecule has 3 nitrogen and oxygen atoms in total. The second-order valence-corrected chi connectivity index (χ2v) is 5.67. The summed E-state index contributed by atoms with van der Waals surface area (Å²) in [6.45, 7) is 7.67. The summed E-state index contributed by atoms with van der Waals surface area (Å²) in [4.78, 5) is 2.31. The molecule has 1 heterocycles. The summed E-state index contributed by atoms with van der Waals surface area (Å²) in [5.74, 6) is 0. The van der Waals surface area contributed by atoms with Crippen LogP contribution >= 0.6 is 0 Å². The number of aliphatic hydroxyl groups is 1. The van der Waals surface area contributed by atoms with Gasteiger partial charge in [0.1, 0.15) is 0 Å². The first-order valence-corrected chi connectivity index (χ1v) is 7.83. The fourth-order valence-corrected chi connectivity index (χ4v) is 2.74. The number of nitrogens with zero attached hydrogens (tertiary/aromatic N) is 1. The molecule has 2 atom stereocenters. The van der Waals surface area contributed by atoms with E-state index in [4.69, 9.17) is 4.74 Å². The molecule has 20 heavy (non-hydrogen) atoms. The van der Waals surface area contributed by atoms with Crippen LogP contribution in [0, 0.1) is 0 Å².